The molecule has 0 radical (unpaired) electrons. The molecule has 0 amide bonds. The van der Waals surface area contributed by atoms with E-state index in [9.17, 15) is 14.0 Å². The zero-order chi connectivity index (χ0) is 18.8. The smallest absolute Gasteiger partial charge is 0.151 e. The first-order chi connectivity index (χ1) is 12.4. The molecule has 2 atom stereocenters. The lowest BCUT2D eigenvalue weighted by atomic mass is 9.86. The highest BCUT2D eigenvalue weighted by molar-refractivity contribution is 6.15. The summed E-state index contributed by atoms with van der Waals surface area (Å²) in [6, 6.07) is 6.74. The first kappa shape index (κ1) is 18.0. The standard InChI is InChI=1S/C22H20FNO2/c1-4-5-15-8-13(2)20(14(3)9-15)21-19(25)11-16(22(21)26)10-18-7-6-17(23)12-24-18/h6-9,12,16,21H,10-11H2,1-3H3. The number of benzene rings is 1. The largest absolute Gasteiger partial charge is 0.298 e. The monoisotopic (exact) mass is 349 g/mol. The lowest BCUT2D eigenvalue weighted by Crippen LogP contribution is -2.19. The Morgan fingerprint density at radius 2 is 1.88 bits per heavy atom. The molecular formula is C22H20FNO2. The minimum absolute atomic E-state index is 0.0531. The van der Waals surface area contributed by atoms with E-state index < -0.39 is 17.7 Å². The van der Waals surface area contributed by atoms with Gasteiger partial charge in [-0.2, -0.15) is 0 Å². The molecule has 1 aromatic carbocycles. The number of pyridine rings is 1. The normalized spacial score (nSPS) is 19.4. The van der Waals surface area contributed by atoms with Crippen LogP contribution < -0.4 is 0 Å². The molecule has 3 nitrogen and oxygen atoms in total. The molecule has 0 N–H and O–H groups in total. The number of carbonyl (C=O) groups is 2. The summed E-state index contributed by atoms with van der Waals surface area (Å²) in [5.41, 5.74) is 4.14. The van der Waals surface area contributed by atoms with Gasteiger partial charge in [-0.25, -0.2) is 4.39 Å². The predicted molar refractivity (Wildman–Crippen MR) is 97.2 cm³/mol. The van der Waals surface area contributed by atoms with Gasteiger partial charge in [0.15, 0.2) is 5.78 Å². The van der Waals surface area contributed by atoms with Crippen molar-refractivity contribution in [3.8, 4) is 11.8 Å². The summed E-state index contributed by atoms with van der Waals surface area (Å²) in [6.07, 6.45) is 1.70. The molecule has 0 aliphatic heterocycles. The Hall–Kier alpha value is -2.80. The summed E-state index contributed by atoms with van der Waals surface area (Å²) < 4.78 is 13.0. The molecule has 1 aromatic heterocycles. The van der Waals surface area contributed by atoms with Gasteiger partial charge in [0.1, 0.15) is 17.5 Å². The van der Waals surface area contributed by atoms with Crippen LogP contribution in [-0.2, 0) is 16.0 Å². The van der Waals surface area contributed by atoms with E-state index in [0.29, 0.717) is 12.1 Å². The van der Waals surface area contributed by atoms with Gasteiger partial charge in [-0.3, -0.25) is 14.6 Å². The molecule has 2 aromatic rings. The molecule has 1 fully saturated rings. The number of hydrogen-bond donors (Lipinski definition) is 0. The summed E-state index contributed by atoms with van der Waals surface area (Å²) in [4.78, 5) is 29.6. The lowest BCUT2D eigenvalue weighted by molar-refractivity contribution is -0.124. The van der Waals surface area contributed by atoms with Gasteiger partial charge < -0.3 is 0 Å². The second-order valence-corrected chi connectivity index (χ2v) is 6.77. The fourth-order valence-corrected chi connectivity index (χ4v) is 3.76. The maximum absolute atomic E-state index is 13.0. The van der Waals surface area contributed by atoms with Gasteiger partial charge in [0, 0.05) is 23.6 Å². The van der Waals surface area contributed by atoms with Crippen LogP contribution in [0, 0.1) is 37.4 Å². The fourth-order valence-electron chi connectivity index (χ4n) is 3.76. The summed E-state index contributed by atoms with van der Waals surface area (Å²) >= 11 is 0. The van der Waals surface area contributed by atoms with Gasteiger partial charge in [0.2, 0.25) is 0 Å². The summed E-state index contributed by atoms with van der Waals surface area (Å²) in [7, 11) is 0. The second kappa shape index (κ2) is 7.21. The number of rotatable bonds is 3. The van der Waals surface area contributed by atoms with E-state index in [1.807, 2.05) is 26.0 Å². The second-order valence-electron chi connectivity index (χ2n) is 6.77. The van der Waals surface area contributed by atoms with Gasteiger partial charge in [-0.05, 0) is 68.1 Å². The van der Waals surface area contributed by atoms with E-state index in [2.05, 4.69) is 16.8 Å². The molecule has 4 heteroatoms. The third-order valence-electron chi connectivity index (χ3n) is 4.85. The van der Waals surface area contributed by atoms with E-state index in [4.69, 9.17) is 0 Å². The minimum atomic E-state index is -0.718. The molecule has 3 rings (SSSR count). The van der Waals surface area contributed by atoms with Crippen LogP contribution in [0.3, 0.4) is 0 Å². The third kappa shape index (κ3) is 3.43. The van der Waals surface area contributed by atoms with Crippen molar-refractivity contribution in [2.75, 3.05) is 0 Å². The van der Waals surface area contributed by atoms with Crippen molar-refractivity contribution >= 4 is 11.6 Å². The number of ketones is 2. The van der Waals surface area contributed by atoms with E-state index >= 15 is 0 Å². The Morgan fingerprint density at radius 3 is 2.46 bits per heavy atom. The Bertz CT molecular complexity index is 912. The highest BCUT2D eigenvalue weighted by Crippen LogP contribution is 2.37. The van der Waals surface area contributed by atoms with Crippen LogP contribution in [-0.4, -0.2) is 16.6 Å². The van der Waals surface area contributed by atoms with Gasteiger partial charge in [0.05, 0.1) is 6.20 Å². The van der Waals surface area contributed by atoms with Crippen molar-refractivity contribution in [3.63, 3.8) is 0 Å². The maximum atomic E-state index is 13.0. The zero-order valence-corrected chi connectivity index (χ0v) is 15.1. The van der Waals surface area contributed by atoms with Crippen molar-refractivity contribution in [3.05, 3.63) is 64.2 Å². The molecule has 1 heterocycles. The maximum Gasteiger partial charge on any atom is 0.151 e. The van der Waals surface area contributed by atoms with Crippen molar-refractivity contribution in [1.29, 1.82) is 0 Å². The van der Waals surface area contributed by atoms with E-state index in [1.165, 1.54) is 6.07 Å². The number of Topliss-reactive ketones (excluding diaryl/α,β-unsaturated/α-hetero) is 2. The number of hydrogen-bond acceptors (Lipinski definition) is 3. The molecule has 1 saturated carbocycles. The zero-order valence-electron chi connectivity index (χ0n) is 15.1. The Labute approximate surface area is 152 Å². The van der Waals surface area contributed by atoms with Crippen LogP contribution in [0.2, 0.25) is 0 Å². The minimum Gasteiger partial charge on any atom is -0.298 e. The highest BCUT2D eigenvalue weighted by atomic mass is 19.1. The fraction of sp³-hybridized carbons (Fsp3) is 0.318. The number of nitrogens with zero attached hydrogens (tertiary/aromatic N) is 1. The summed E-state index contributed by atoms with van der Waals surface area (Å²) in [5, 5.41) is 0. The average molecular weight is 349 g/mol. The number of halogens is 1. The topological polar surface area (TPSA) is 47.0 Å². The molecule has 0 bridgehead atoms. The molecule has 132 valence electrons. The van der Waals surface area contributed by atoms with E-state index in [0.717, 1.165) is 28.5 Å². The van der Waals surface area contributed by atoms with Gasteiger partial charge >= 0.3 is 0 Å². The van der Waals surface area contributed by atoms with Gasteiger partial charge in [-0.15, -0.1) is 5.92 Å². The molecule has 0 spiro atoms. The van der Waals surface area contributed by atoms with Crippen LogP contribution in [0.15, 0.2) is 30.5 Å². The number of aryl methyl sites for hydroxylation is 2. The van der Waals surface area contributed by atoms with E-state index in [-0.39, 0.29) is 18.0 Å². The average Bonchev–Trinajstić information content (AvgIpc) is 2.84. The Balaban J connectivity index is 1.89. The summed E-state index contributed by atoms with van der Waals surface area (Å²) in [6.45, 7) is 5.61. The van der Waals surface area contributed by atoms with Gasteiger partial charge in [-0.1, -0.05) is 5.92 Å². The molecule has 1 aliphatic carbocycles. The van der Waals surface area contributed by atoms with Crippen LogP contribution >= 0.6 is 0 Å². The van der Waals surface area contributed by atoms with Crippen molar-refractivity contribution in [2.45, 2.75) is 39.5 Å². The molecule has 26 heavy (non-hydrogen) atoms. The van der Waals surface area contributed by atoms with Gasteiger partial charge in [0.25, 0.3) is 0 Å². The molecular weight excluding hydrogens is 329 g/mol. The SMILES string of the molecule is CC#Cc1cc(C)c(C2C(=O)CC(Cc3ccc(F)cn3)C2=O)c(C)c1. The Morgan fingerprint density at radius 1 is 1.19 bits per heavy atom. The Kier molecular flexibility index (Phi) is 4.99. The number of carbonyl (C=O) groups excluding carboxylic acids is 2. The highest BCUT2D eigenvalue weighted by Gasteiger charge is 2.43. The molecule has 0 saturated heterocycles. The predicted octanol–water partition coefficient (Wildman–Crippen LogP) is 3.69. The van der Waals surface area contributed by atoms with Crippen molar-refractivity contribution in [2.24, 2.45) is 5.92 Å². The first-order valence-electron chi connectivity index (χ1n) is 8.61. The van der Waals surface area contributed by atoms with Crippen molar-refractivity contribution in [1.82, 2.24) is 4.98 Å². The molecule has 2 unspecified atom stereocenters. The molecule has 1 aliphatic rings. The lowest BCUT2D eigenvalue weighted by Gasteiger charge is -2.16. The first-order valence-corrected chi connectivity index (χ1v) is 8.61. The van der Waals surface area contributed by atoms with Crippen LogP contribution in [0.1, 0.15) is 47.2 Å². The van der Waals surface area contributed by atoms with Crippen LogP contribution in [0.4, 0.5) is 4.39 Å². The summed E-state index contributed by atoms with van der Waals surface area (Å²) in [5.74, 6) is 4.22. The van der Waals surface area contributed by atoms with E-state index in [1.54, 1.807) is 13.0 Å². The number of aromatic nitrogens is 1. The van der Waals surface area contributed by atoms with Crippen LogP contribution in [0.5, 0.6) is 0 Å². The van der Waals surface area contributed by atoms with Crippen LogP contribution in [0.25, 0.3) is 0 Å². The quantitative estimate of drug-likeness (QED) is 0.627. The van der Waals surface area contributed by atoms with Crippen molar-refractivity contribution < 1.29 is 14.0 Å². The third-order valence-corrected chi connectivity index (χ3v) is 4.85.